The molecule has 0 bridgehead atoms. The Balaban J connectivity index is 0.932. The fourth-order valence-electron chi connectivity index (χ4n) is 17.9. The standard InChI is InChI=1S/C102H76BN3/c1-101(2,3)71-60-83(65-32-11-7-12-33-65)99(84(61-71)66-34-13-8-14-35-66)105-92-52-31-53-93-98(92)103(88-56-54-70(59-94(88)105)96-79-46-23-25-48-81(79)97(82-49-26-24-47-80(82)96)87-58-69-40-19-20-41-74(69)75-42-21-22-43-76(75)87)89-57-55-73(104-90-50-29-27-44-77(90)78-45-28-30-51-91(78)104)64-95(89)106(93)100-85(67-36-15-9-16-37-67)62-72(102(4,5)6)63-86(100)68-38-17-10-18-39-68/h7-64H,1-6H3. The Kier molecular flexibility index (Phi) is 14.5. The maximum Gasteiger partial charge on any atom is 0.252 e. The van der Waals surface area contributed by atoms with Gasteiger partial charge in [0.1, 0.15) is 0 Å². The highest BCUT2D eigenvalue weighted by Gasteiger charge is 2.46. The Bertz CT molecular complexity index is 6360. The van der Waals surface area contributed by atoms with Crippen molar-refractivity contribution in [3.63, 3.8) is 0 Å². The second-order valence-electron chi connectivity index (χ2n) is 31.0. The molecule has 17 aromatic carbocycles. The van der Waals surface area contributed by atoms with Crippen LogP contribution in [0.15, 0.2) is 352 Å². The molecule has 0 saturated carbocycles. The van der Waals surface area contributed by atoms with Crippen LogP contribution in [-0.4, -0.2) is 11.3 Å². The normalized spacial score (nSPS) is 12.8. The van der Waals surface area contributed by atoms with Gasteiger partial charge in [-0.25, -0.2) is 0 Å². The number of aromatic nitrogens is 1. The molecule has 106 heavy (non-hydrogen) atoms. The molecule has 18 aromatic rings. The highest BCUT2D eigenvalue weighted by atomic mass is 15.2. The Morgan fingerprint density at radius 3 is 1.07 bits per heavy atom. The van der Waals surface area contributed by atoms with Crippen LogP contribution in [0.4, 0.5) is 34.1 Å². The number of anilines is 6. The van der Waals surface area contributed by atoms with Gasteiger partial charge < -0.3 is 14.4 Å². The minimum Gasteiger partial charge on any atom is -0.310 e. The predicted octanol–water partition coefficient (Wildman–Crippen LogP) is 26.1. The van der Waals surface area contributed by atoms with Gasteiger partial charge in [-0.1, -0.05) is 321 Å². The SMILES string of the molecule is CC(C)(C)c1cc(-c2ccccc2)c(N2c3cc(-c4c5ccccc5c(-c5cc6ccccc6c6ccccc56)c5ccccc45)ccc3B3c4ccc(-n5c6ccccc6c6ccccc65)cc4N(c4c(-c5ccccc5)cc(C(C)(C)C)cc4-c4ccccc4)c4cccc2c43)c(-c2ccccc2)c1. The molecule has 0 N–H and O–H groups in total. The van der Waals surface area contributed by atoms with Crippen LogP contribution in [0.3, 0.4) is 0 Å². The van der Waals surface area contributed by atoms with Gasteiger partial charge in [0.25, 0.3) is 6.71 Å². The van der Waals surface area contributed by atoms with Gasteiger partial charge in [-0.2, -0.15) is 0 Å². The van der Waals surface area contributed by atoms with Crippen molar-refractivity contribution in [2.45, 2.75) is 52.4 Å². The second-order valence-corrected chi connectivity index (χ2v) is 31.0. The minimum absolute atomic E-state index is 0.183. The van der Waals surface area contributed by atoms with E-state index in [1.165, 1.54) is 131 Å². The van der Waals surface area contributed by atoms with E-state index in [1.54, 1.807) is 0 Å². The minimum atomic E-state index is -0.231. The van der Waals surface area contributed by atoms with Gasteiger partial charge in [0, 0.05) is 61.5 Å². The summed E-state index contributed by atoms with van der Waals surface area (Å²) in [6.07, 6.45) is 0. The molecule has 1 aromatic heterocycles. The van der Waals surface area contributed by atoms with Gasteiger partial charge in [-0.3, -0.25) is 0 Å². The van der Waals surface area contributed by atoms with Crippen LogP contribution in [0.1, 0.15) is 52.7 Å². The average molecular weight is 1350 g/mol. The average Bonchev–Trinajstić information content (AvgIpc) is 0.731. The van der Waals surface area contributed by atoms with E-state index in [0.717, 1.165) is 67.6 Å². The number of benzene rings is 17. The van der Waals surface area contributed by atoms with Gasteiger partial charge in [-0.05, 0) is 199 Å². The summed E-state index contributed by atoms with van der Waals surface area (Å²) in [7, 11) is 0. The van der Waals surface area contributed by atoms with Gasteiger partial charge in [0.2, 0.25) is 0 Å². The van der Waals surface area contributed by atoms with Crippen molar-refractivity contribution in [1.82, 2.24) is 4.57 Å². The van der Waals surface area contributed by atoms with Gasteiger partial charge in [0.05, 0.1) is 22.4 Å². The quantitative estimate of drug-likeness (QED) is 0.0811. The molecule has 3 heterocycles. The van der Waals surface area contributed by atoms with Crippen molar-refractivity contribution in [3.8, 4) is 72.4 Å². The molecule has 3 nitrogen and oxygen atoms in total. The highest BCUT2D eigenvalue weighted by molar-refractivity contribution is 7.00. The van der Waals surface area contributed by atoms with Crippen molar-refractivity contribution in [1.29, 1.82) is 0 Å². The fourth-order valence-corrected chi connectivity index (χ4v) is 17.9. The third-order valence-corrected chi connectivity index (χ3v) is 22.8. The Morgan fingerprint density at radius 1 is 0.245 bits per heavy atom. The number of nitrogens with zero attached hydrogens (tertiary/aromatic N) is 3. The van der Waals surface area contributed by atoms with Crippen LogP contribution >= 0.6 is 0 Å². The van der Waals surface area contributed by atoms with E-state index in [4.69, 9.17) is 0 Å². The van der Waals surface area contributed by atoms with Gasteiger partial charge in [0.15, 0.2) is 0 Å². The molecule has 2 aliphatic rings. The summed E-state index contributed by atoms with van der Waals surface area (Å²) in [5.74, 6) is 0. The zero-order chi connectivity index (χ0) is 71.1. The predicted molar refractivity (Wildman–Crippen MR) is 455 cm³/mol. The molecule has 0 fully saturated rings. The molecule has 2 aliphatic heterocycles. The summed E-state index contributed by atoms with van der Waals surface area (Å²) in [6.45, 7) is 13.9. The topological polar surface area (TPSA) is 11.4 Å². The molecule has 20 rings (SSSR count). The van der Waals surface area contributed by atoms with E-state index in [1.807, 2.05) is 0 Å². The smallest absolute Gasteiger partial charge is 0.252 e. The van der Waals surface area contributed by atoms with Crippen molar-refractivity contribution in [2.75, 3.05) is 9.80 Å². The number of hydrogen-bond acceptors (Lipinski definition) is 2. The fraction of sp³-hybridized carbons (Fsp3) is 0.0784. The molecule has 0 unspecified atom stereocenters. The van der Waals surface area contributed by atoms with Crippen molar-refractivity contribution in [2.24, 2.45) is 0 Å². The lowest BCUT2D eigenvalue weighted by Gasteiger charge is -2.46. The summed E-state index contributed by atoms with van der Waals surface area (Å²) in [5, 5.41) is 12.3. The lowest BCUT2D eigenvalue weighted by atomic mass is 9.33. The first kappa shape index (κ1) is 63.0. The Hall–Kier alpha value is -12.8. The molecule has 0 atom stereocenters. The van der Waals surface area contributed by atoms with Crippen LogP contribution in [0.25, 0.3) is 137 Å². The largest absolute Gasteiger partial charge is 0.310 e. The number of para-hydroxylation sites is 2. The lowest BCUT2D eigenvalue weighted by molar-refractivity contribution is 0.590. The third-order valence-electron chi connectivity index (χ3n) is 22.8. The zero-order valence-corrected chi connectivity index (χ0v) is 60.4. The zero-order valence-electron chi connectivity index (χ0n) is 60.4. The van der Waals surface area contributed by atoms with Gasteiger partial charge >= 0.3 is 0 Å². The number of hydrogen-bond donors (Lipinski definition) is 0. The van der Waals surface area contributed by atoms with Crippen molar-refractivity contribution < 1.29 is 0 Å². The maximum atomic E-state index is 2.71. The summed E-state index contributed by atoms with van der Waals surface area (Å²) in [4.78, 5) is 5.40. The Labute approximate surface area is 620 Å². The van der Waals surface area contributed by atoms with E-state index in [-0.39, 0.29) is 17.5 Å². The monoisotopic (exact) mass is 1350 g/mol. The molecule has 0 spiro atoms. The molecule has 0 radical (unpaired) electrons. The van der Waals surface area contributed by atoms with E-state index >= 15 is 0 Å². The molecular weight excluding hydrogens is 1280 g/mol. The Morgan fingerprint density at radius 2 is 0.613 bits per heavy atom. The van der Waals surface area contributed by atoms with Crippen molar-refractivity contribution in [3.05, 3.63) is 363 Å². The van der Waals surface area contributed by atoms with E-state index in [9.17, 15) is 0 Å². The lowest BCUT2D eigenvalue weighted by Crippen LogP contribution is -2.61. The van der Waals surface area contributed by atoms with E-state index in [0.29, 0.717) is 0 Å². The summed E-state index contributed by atoms with van der Waals surface area (Å²) < 4.78 is 2.50. The van der Waals surface area contributed by atoms with Gasteiger partial charge in [-0.15, -0.1) is 0 Å². The first-order valence-electron chi connectivity index (χ1n) is 37.3. The first-order valence-corrected chi connectivity index (χ1v) is 37.3. The van der Waals surface area contributed by atoms with Crippen LogP contribution in [0, 0.1) is 0 Å². The summed E-state index contributed by atoms with van der Waals surface area (Å²) in [6, 6.07) is 133. The van der Waals surface area contributed by atoms with Crippen LogP contribution in [0.2, 0.25) is 0 Å². The van der Waals surface area contributed by atoms with Crippen molar-refractivity contribution >= 4 is 122 Å². The number of rotatable bonds is 9. The molecule has 502 valence electrons. The third kappa shape index (κ3) is 9.95. The molecular formula is C102H76BN3. The molecule has 0 amide bonds. The number of fused-ring (bicyclic) bond motifs is 12. The molecule has 0 saturated heterocycles. The second kappa shape index (κ2) is 24.4. The maximum absolute atomic E-state index is 2.71. The van der Waals surface area contributed by atoms with Crippen LogP contribution in [0.5, 0.6) is 0 Å². The van der Waals surface area contributed by atoms with E-state index < -0.39 is 0 Å². The summed E-state index contributed by atoms with van der Waals surface area (Å²) >= 11 is 0. The molecule has 0 aliphatic carbocycles. The highest BCUT2D eigenvalue weighted by Crippen LogP contribution is 2.56. The first-order chi connectivity index (χ1) is 51.9. The molecule has 4 heteroatoms. The summed E-state index contributed by atoms with van der Waals surface area (Å²) in [5.41, 5.74) is 30.3. The van der Waals surface area contributed by atoms with Crippen LogP contribution in [-0.2, 0) is 10.8 Å². The van der Waals surface area contributed by atoms with E-state index in [2.05, 4.69) is 408 Å². The van der Waals surface area contributed by atoms with Crippen LogP contribution < -0.4 is 26.2 Å².